The van der Waals surface area contributed by atoms with Crippen molar-refractivity contribution < 1.29 is 50.5 Å². The molecule has 11 heteroatoms. The Morgan fingerprint density at radius 3 is 2.06 bits per heavy atom. The molecule has 1 aliphatic heterocycles. The summed E-state index contributed by atoms with van der Waals surface area (Å²) in [5.74, 6) is -4.41. The summed E-state index contributed by atoms with van der Waals surface area (Å²) in [5.41, 5.74) is -4.43. The molecular weight excluding hydrogens is 446 g/mol. The topological polar surface area (TPSA) is 72.8 Å². The Morgan fingerprint density at radius 1 is 0.938 bits per heavy atom. The Hall–Kier alpha value is -3.76. The molecule has 5 nitrogen and oxygen atoms in total. The molecule has 0 spiro atoms. The SMILES string of the molecule is COC(=O)/C(=C1/OC(=O)C(c2cccc(C(F)(F)F)c2)=C1O)c1cccc(C(F)(F)F)c1. The lowest BCUT2D eigenvalue weighted by Gasteiger charge is -2.12. The van der Waals surface area contributed by atoms with Crippen molar-refractivity contribution in [1.82, 2.24) is 0 Å². The molecule has 32 heavy (non-hydrogen) atoms. The van der Waals surface area contributed by atoms with Crippen LogP contribution in [0.25, 0.3) is 11.1 Å². The molecule has 168 valence electrons. The average molecular weight is 458 g/mol. The molecule has 0 radical (unpaired) electrons. The van der Waals surface area contributed by atoms with Crippen molar-refractivity contribution in [3.8, 4) is 0 Å². The minimum Gasteiger partial charge on any atom is -0.504 e. The van der Waals surface area contributed by atoms with Crippen LogP contribution in [0.15, 0.2) is 60.0 Å². The number of esters is 2. The third kappa shape index (κ3) is 4.32. The van der Waals surface area contributed by atoms with Crippen molar-refractivity contribution in [1.29, 1.82) is 0 Å². The quantitative estimate of drug-likeness (QED) is 0.392. The lowest BCUT2D eigenvalue weighted by Crippen LogP contribution is -2.11. The van der Waals surface area contributed by atoms with Gasteiger partial charge in [-0.25, -0.2) is 9.59 Å². The minimum atomic E-state index is -4.77. The van der Waals surface area contributed by atoms with Gasteiger partial charge >= 0.3 is 24.3 Å². The number of rotatable bonds is 3. The standard InChI is InChI=1S/C21H12F6O5/c1-31-18(29)15(11-5-3-7-13(9-11)21(25,26)27)17-16(28)14(19(30)32-17)10-4-2-6-12(8-10)20(22,23)24/h2-9,28H,1H3/b17-15+. The van der Waals surface area contributed by atoms with E-state index in [9.17, 15) is 41.0 Å². The van der Waals surface area contributed by atoms with E-state index >= 15 is 0 Å². The molecule has 2 aromatic rings. The van der Waals surface area contributed by atoms with Crippen molar-refractivity contribution in [2.24, 2.45) is 0 Å². The van der Waals surface area contributed by atoms with E-state index in [-0.39, 0.29) is 5.56 Å². The van der Waals surface area contributed by atoms with E-state index in [4.69, 9.17) is 4.74 Å². The maximum atomic E-state index is 13.1. The zero-order valence-corrected chi connectivity index (χ0v) is 16.0. The van der Waals surface area contributed by atoms with Crippen LogP contribution < -0.4 is 0 Å². The molecule has 1 N–H and O–H groups in total. The molecule has 0 amide bonds. The highest BCUT2D eigenvalue weighted by molar-refractivity contribution is 6.25. The molecule has 1 heterocycles. The van der Waals surface area contributed by atoms with Crippen LogP contribution in [0.4, 0.5) is 26.3 Å². The summed E-state index contributed by atoms with van der Waals surface area (Å²) in [7, 11) is 0.905. The number of alkyl halides is 6. The van der Waals surface area contributed by atoms with Crippen LogP contribution in [-0.4, -0.2) is 24.2 Å². The maximum absolute atomic E-state index is 13.1. The van der Waals surface area contributed by atoms with Gasteiger partial charge in [0.25, 0.3) is 0 Å². The van der Waals surface area contributed by atoms with Gasteiger partial charge in [0.1, 0.15) is 11.1 Å². The number of carbonyl (C=O) groups is 2. The number of ether oxygens (including phenoxy) is 2. The van der Waals surface area contributed by atoms with Gasteiger partial charge in [-0.1, -0.05) is 24.3 Å². The van der Waals surface area contributed by atoms with Gasteiger partial charge in [0, 0.05) is 0 Å². The number of benzene rings is 2. The summed E-state index contributed by atoms with van der Waals surface area (Å²) in [6.07, 6.45) is -9.52. The highest BCUT2D eigenvalue weighted by Crippen LogP contribution is 2.39. The van der Waals surface area contributed by atoms with E-state index in [2.05, 4.69) is 4.74 Å². The van der Waals surface area contributed by atoms with Crippen molar-refractivity contribution in [3.05, 3.63) is 82.3 Å². The molecule has 0 fully saturated rings. The van der Waals surface area contributed by atoms with Crippen molar-refractivity contribution in [3.63, 3.8) is 0 Å². The summed E-state index contributed by atoms with van der Waals surface area (Å²) in [5, 5.41) is 10.5. The van der Waals surface area contributed by atoms with Gasteiger partial charge in [-0.2, -0.15) is 26.3 Å². The highest BCUT2D eigenvalue weighted by Gasteiger charge is 2.38. The Bertz CT molecular complexity index is 1160. The van der Waals surface area contributed by atoms with Crippen LogP contribution in [0, 0.1) is 0 Å². The smallest absolute Gasteiger partial charge is 0.416 e. The second kappa shape index (κ2) is 8.06. The third-order valence-electron chi connectivity index (χ3n) is 4.42. The Morgan fingerprint density at radius 2 is 1.50 bits per heavy atom. The Kier molecular flexibility index (Phi) is 5.77. The van der Waals surface area contributed by atoms with Crippen LogP contribution in [0.5, 0.6) is 0 Å². The first-order valence-corrected chi connectivity index (χ1v) is 8.68. The first-order valence-electron chi connectivity index (χ1n) is 8.68. The molecule has 0 saturated carbocycles. The molecule has 1 aliphatic rings. The number of halogens is 6. The van der Waals surface area contributed by atoms with Crippen molar-refractivity contribution >= 4 is 23.1 Å². The number of hydrogen-bond acceptors (Lipinski definition) is 5. The van der Waals surface area contributed by atoms with Gasteiger partial charge in [0.2, 0.25) is 0 Å². The Balaban J connectivity index is 2.23. The molecule has 0 saturated heterocycles. The van der Waals surface area contributed by atoms with Gasteiger partial charge < -0.3 is 14.6 Å². The zero-order valence-electron chi connectivity index (χ0n) is 16.0. The van der Waals surface area contributed by atoms with E-state index in [1.54, 1.807) is 0 Å². The number of carbonyl (C=O) groups excluding carboxylic acids is 2. The van der Waals surface area contributed by atoms with E-state index in [1.807, 2.05) is 0 Å². The highest BCUT2D eigenvalue weighted by atomic mass is 19.4. The predicted octanol–water partition coefficient (Wildman–Crippen LogP) is 5.13. The predicted molar refractivity (Wildman–Crippen MR) is 97.5 cm³/mol. The normalized spacial score (nSPS) is 16.2. The Labute approximate surface area is 176 Å². The van der Waals surface area contributed by atoms with Gasteiger partial charge in [-0.15, -0.1) is 0 Å². The van der Waals surface area contributed by atoms with Gasteiger partial charge in [0.05, 0.1) is 18.2 Å². The molecule has 0 aromatic heterocycles. The van der Waals surface area contributed by atoms with Crippen molar-refractivity contribution in [2.45, 2.75) is 12.4 Å². The second-order valence-corrected chi connectivity index (χ2v) is 6.47. The summed E-state index contributed by atoms with van der Waals surface area (Å²) in [6.45, 7) is 0. The van der Waals surface area contributed by atoms with E-state index < -0.39 is 63.6 Å². The second-order valence-electron chi connectivity index (χ2n) is 6.47. The first-order chi connectivity index (χ1) is 14.8. The molecule has 0 aliphatic carbocycles. The number of hydrogen-bond donors (Lipinski definition) is 1. The third-order valence-corrected chi connectivity index (χ3v) is 4.42. The fourth-order valence-corrected chi connectivity index (χ4v) is 2.97. The summed E-state index contributed by atoms with van der Waals surface area (Å²) < 4.78 is 87.7. The lowest BCUT2D eigenvalue weighted by atomic mass is 9.98. The number of aliphatic hydroxyl groups excluding tert-OH is 1. The largest absolute Gasteiger partial charge is 0.504 e. The van der Waals surface area contributed by atoms with Gasteiger partial charge in [-0.3, -0.25) is 0 Å². The monoisotopic (exact) mass is 458 g/mol. The molecule has 0 unspecified atom stereocenters. The van der Waals surface area contributed by atoms with E-state index in [0.717, 1.165) is 43.5 Å². The van der Waals surface area contributed by atoms with Crippen molar-refractivity contribution in [2.75, 3.05) is 7.11 Å². The van der Waals surface area contributed by atoms with E-state index in [1.165, 1.54) is 0 Å². The maximum Gasteiger partial charge on any atom is 0.416 e. The van der Waals surface area contributed by atoms with E-state index in [0.29, 0.717) is 12.1 Å². The average Bonchev–Trinajstić information content (AvgIpc) is 3.01. The molecule has 0 bridgehead atoms. The number of methoxy groups -OCH3 is 1. The first kappa shape index (κ1) is 22.9. The van der Waals surface area contributed by atoms with Crippen LogP contribution in [-0.2, 0) is 31.4 Å². The van der Waals surface area contributed by atoms with Crippen LogP contribution >= 0.6 is 0 Å². The lowest BCUT2D eigenvalue weighted by molar-refractivity contribution is -0.138. The van der Waals surface area contributed by atoms with Crippen LogP contribution in [0.1, 0.15) is 22.3 Å². The molecule has 0 atom stereocenters. The minimum absolute atomic E-state index is 0.370. The summed E-state index contributed by atoms with van der Waals surface area (Å²) >= 11 is 0. The molecule has 2 aromatic carbocycles. The zero-order chi connectivity index (χ0) is 23.8. The summed E-state index contributed by atoms with van der Waals surface area (Å²) in [4.78, 5) is 24.6. The number of aliphatic hydroxyl groups is 1. The molecule has 3 rings (SSSR count). The fraction of sp³-hybridized carbons (Fsp3) is 0.143. The number of cyclic esters (lactones) is 1. The summed E-state index contributed by atoms with van der Waals surface area (Å²) in [6, 6.07) is 6.76. The van der Waals surface area contributed by atoms with Gasteiger partial charge in [-0.05, 0) is 35.4 Å². The fourth-order valence-electron chi connectivity index (χ4n) is 2.97. The van der Waals surface area contributed by atoms with Gasteiger partial charge in [0.15, 0.2) is 11.5 Å². The van der Waals surface area contributed by atoms with Crippen LogP contribution in [0.2, 0.25) is 0 Å². The molecular formula is C21H12F6O5. The van der Waals surface area contributed by atoms with Crippen LogP contribution in [0.3, 0.4) is 0 Å².